The van der Waals surface area contributed by atoms with Gasteiger partial charge in [-0.15, -0.1) is 0 Å². The largest absolute Gasteiger partial charge is 0.497 e. The van der Waals surface area contributed by atoms with Crippen molar-refractivity contribution in [3.8, 4) is 5.75 Å². The van der Waals surface area contributed by atoms with Crippen LogP contribution in [0.4, 0.5) is 23.2 Å². The predicted octanol–water partition coefficient (Wildman–Crippen LogP) is 6.03. The number of ether oxygens (including phenoxy) is 1. The molecule has 0 aliphatic carbocycles. The highest BCUT2D eigenvalue weighted by Crippen LogP contribution is 2.45. The smallest absolute Gasteiger partial charge is 0.416 e. The third-order valence-electron chi connectivity index (χ3n) is 11.1. The van der Waals surface area contributed by atoms with Gasteiger partial charge in [-0.1, -0.05) is 18.2 Å². The lowest BCUT2D eigenvalue weighted by Crippen LogP contribution is -2.53. The number of methoxy groups -OCH3 is 1. The topological polar surface area (TPSA) is 73.4 Å². The highest BCUT2D eigenvalue weighted by Gasteiger charge is 2.57. The number of carbonyl (C=O) groups excluding carboxylic acids is 1. The summed E-state index contributed by atoms with van der Waals surface area (Å²) in [6.07, 6.45) is -1.83. The van der Waals surface area contributed by atoms with Crippen LogP contribution in [-0.2, 0) is 21.0 Å². The number of likely N-dealkylation sites (tertiary alicyclic amines) is 2. The highest BCUT2D eigenvalue weighted by molar-refractivity contribution is 7.89. The summed E-state index contributed by atoms with van der Waals surface area (Å²) in [4.78, 5) is 19.7. The Morgan fingerprint density at radius 3 is 2.12 bits per heavy atom. The number of amides is 1. The fourth-order valence-corrected chi connectivity index (χ4v) is 10.0. The highest BCUT2D eigenvalue weighted by atomic mass is 32.2. The zero-order valence-electron chi connectivity index (χ0n) is 28.8. The van der Waals surface area contributed by atoms with E-state index in [-0.39, 0.29) is 29.8 Å². The summed E-state index contributed by atoms with van der Waals surface area (Å²) < 4.78 is 90.8. The Balaban J connectivity index is 1.19. The third-order valence-corrected chi connectivity index (χ3v) is 13.1. The molecule has 1 amide bonds. The van der Waals surface area contributed by atoms with Crippen molar-refractivity contribution in [1.29, 1.82) is 0 Å². The van der Waals surface area contributed by atoms with Crippen LogP contribution >= 0.6 is 0 Å². The van der Waals surface area contributed by atoms with E-state index in [1.807, 2.05) is 42.7 Å². The van der Waals surface area contributed by atoms with Gasteiger partial charge in [0.05, 0.1) is 18.4 Å². The van der Waals surface area contributed by atoms with Crippen molar-refractivity contribution in [1.82, 2.24) is 14.1 Å². The van der Waals surface area contributed by atoms with E-state index in [2.05, 4.69) is 0 Å². The number of alkyl halides is 4. The Morgan fingerprint density at radius 2 is 1.57 bits per heavy atom. The van der Waals surface area contributed by atoms with Crippen molar-refractivity contribution in [3.63, 3.8) is 0 Å². The number of hydrogen-bond donors (Lipinski definition) is 0. The standard InChI is InChI=1S/C36H48F4N4O4S/c1-34(2,3)43-23-31(26-6-9-29(48-4)10-7-26)35(37,24-43)33(45)42-17-12-25(13-18-42)30-11-8-27(36(38,39)40)22-32(30)41-19-14-28(15-20-41)44-16-5-21-49(44,46)47/h6-11,22,25,28,31H,5,12-21,23-24H2,1-4H3/t31-,35-/m0/s1. The Labute approximate surface area is 287 Å². The predicted molar refractivity (Wildman–Crippen MR) is 181 cm³/mol. The number of halogens is 4. The van der Waals surface area contributed by atoms with E-state index in [0.717, 1.165) is 17.2 Å². The number of sulfonamides is 1. The van der Waals surface area contributed by atoms with Crippen molar-refractivity contribution in [2.75, 3.05) is 63.6 Å². The summed E-state index contributed by atoms with van der Waals surface area (Å²) in [6, 6.07) is 11.0. The molecule has 2 aromatic carbocycles. The Hall–Kier alpha value is -2.90. The molecule has 4 heterocycles. The summed E-state index contributed by atoms with van der Waals surface area (Å²) in [7, 11) is -1.71. The van der Waals surface area contributed by atoms with Crippen LogP contribution in [0.2, 0.25) is 0 Å². The van der Waals surface area contributed by atoms with Crippen LogP contribution in [0.15, 0.2) is 42.5 Å². The van der Waals surface area contributed by atoms with E-state index in [4.69, 9.17) is 4.74 Å². The van der Waals surface area contributed by atoms with E-state index in [0.29, 0.717) is 82.8 Å². The molecule has 0 unspecified atom stereocenters. The lowest BCUT2D eigenvalue weighted by molar-refractivity contribution is -0.145. The van der Waals surface area contributed by atoms with Gasteiger partial charge >= 0.3 is 6.18 Å². The first-order chi connectivity index (χ1) is 23.0. The van der Waals surface area contributed by atoms with Crippen LogP contribution < -0.4 is 9.64 Å². The van der Waals surface area contributed by atoms with E-state index in [1.54, 1.807) is 34.5 Å². The summed E-state index contributed by atoms with van der Waals surface area (Å²) in [5.74, 6) is -0.514. The Morgan fingerprint density at radius 1 is 0.918 bits per heavy atom. The fourth-order valence-electron chi connectivity index (χ4n) is 8.21. The molecular formula is C36H48F4N4O4S. The van der Waals surface area contributed by atoms with Gasteiger partial charge in [-0.3, -0.25) is 9.69 Å². The molecule has 0 spiro atoms. The van der Waals surface area contributed by atoms with Crippen LogP contribution in [-0.4, -0.2) is 104 Å². The van der Waals surface area contributed by atoms with Crippen molar-refractivity contribution >= 4 is 21.6 Å². The quantitative estimate of drug-likeness (QED) is 0.342. The van der Waals surface area contributed by atoms with Gasteiger partial charge in [0, 0.05) is 69.0 Å². The maximum atomic E-state index is 17.3. The molecule has 2 aromatic rings. The first-order valence-corrected chi connectivity index (χ1v) is 18.9. The summed E-state index contributed by atoms with van der Waals surface area (Å²) in [5.41, 5.74) is -1.17. The molecule has 4 aliphatic rings. The van der Waals surface area contributed by atoms with Gasteiger partial charge < -0.3 is 14.5 Å². The van der Waals surface area contributed by atoms with Crippen LogP contribution in [0.5, 0.6) is 5.75 Å². The number of hydrogen-bond acceptors (Lipinski definition) is 6. The van der Waals surface area contributed by atoms with Crippen LogP contribution in [0.1, 0.15) is 81.4 Å². The van der Waals surface area contributed by atoms with Crippen molar-refractivity contribution in [2.45, 2.75) is 88.1 Å². The second-order valence-corrected chi connectivity index (χ2v) is 17.1. The number of nitrogens with zero attached hydrogens (tertiary/aromatic N) is 4. The number of carbonyl (C=O) groups is 1. The van der Waals surface area contributed by atoms with Crippen molar-refractivity contribution in [2.24, 2.45) is 0 Å². The lowest BCUT2D eigenvalue weighted by atomic mass is 9.83. The van der Waals surface area contributed by atoms with E-state index in [9.17, 15) is 26.4 Å². The molecular weight excluding hydrogens is 660 g/mol. The van der Waals surface area contributed by atoms with E-state index in [1.165, 1.54) is 6.07 Å². The molecule has 8 nitrogen and oxygen atoms in total. The van der Waals surface area contributed by atoms with Gasteiger partial charge in [-0.25, -0.2) is 12.8 Å². The second-order valence-electron chi connectivity index (χ2n) is 15.1. The molecule has 0 radical (unpaired) electrons. The molecule has 2 atom stereocenters. The third kappa shape index (κ3) is 7.17. The SMILES string of the molecule is COc1ccc([C@@H]2CN(C(C)(C)C)C[C@@]2(F)C(=O)N2CCC(c3ccc(C(F)(F)F)cc3N3CCC(N4CCCS4(=O)=O)CC3)CC2)cc1. The normalized spacial score (nSPS) is 26.4. The fraction of sp³-hybridized carbons (Fsp3) is 0.639. The van der Waals surface area contributed by atoms with Gasteiger partial charge in [0.2, 0.25) is 15.7 Å². The zero-order valence-corrected chi connectivity index (χ0v) is 29.6. The maximum Gasteiger partial charge on any atom is 0.416 e. The van der Waals surface area contributed by atoms with Gasteiger partial charge in [0.25, 0.3) is 5.91 Å². The van der Waals surface area contributed by atoms with E-state index < -0.39 is 39.3 Å². The first kappa shape index (κ1) is 35.9. The summed E-state index contributed by atoms with van der Waals surface area (Å²) in [5, 5.41) is 0. The van der Waals surface area contributed by atoms with Crippen molar-refractivity contribution < 1.29 is 35.5 Å². The minimum Gasteiger partial charge on any atom is -0.497 e. The molecule has 4 fully saturated rings. The number of benzene rings is 2. The zero-order chi connectivity index (χ0) is 35.4. The molecule has 49 heavy (non-hydrogen) atoms. The average molecular weight is 709 g/mol. The van der Waals surface area contributed by atoms with Gasteiger partial charge in [-0.2, -0.15) is 17.5 Å². The van der Waals surface area contributed by atoms with Gasteiger partial charge in [-0.05, 0) is 94.2 Å². The average Bonchev–Trinajstić information content (AvgIpc) is 3.63. The molecule has 0 N–H and O–H groups in total. The first-order valence-electron chi connectivity index (χ1n) is 17.3. The molecule has 0 bridgehead atoms. The Kier molecular flexibility index (Phi) is 9.77. The van der Waals surface area contributed by atoms with Crippen molar-refractivity contribution in [3.05, 3.63) is 59.2 Å². The minimum atomic E-state index is -4.51. The summed E-state index contributed by atoms with van der Waals surface area (Å²) in [6.45, 7) is 8.40. The lowest BCUT2D eigenvalue weighted by Gasteiger charge is -2.40. The molecule has 0 aromatic heterocycles. The van der Waals surface area contributed by atoms with Crippen LogP contribution in [0.25, 0.3) is 0 Å². The van der Waals surface area contributed by atoms with Crippen LogP contribution in [0, 0.1) is 0 Å². The van der Waals surface area contributed by atoms with Crippen LogP contribution in [0.3, 0.4) is 0 Å². The maximum absolute atomic E-state index is 17.3. The molecule has 0 saturated carbocycles. The summed E-state index contributed by atoms with van der Waals surface area (Å²) >= 11 is 0. The number of rotatable bonds is 6. The number of piperidine rings is 2. The Bertz CT molecular complexity index is 1610. The molecule has 4 aliphatic heterocycles. The minimum absolute atomic E-state index is 0.0241. The number of anilines is 1. The molecule has 13 heteroatoms. The molecule has 270 valence electrons. The monoisotopic (exact) mass is 708 g/mol. The second kappa shape index (κ2) is 13.3. The molecule has 6 rings (SSSR count). The van der Waals surface area contributed by atoms with Gasteiger partial charge in [0.15, 0.2) is 0 Å². The molecule has 4 saturated heterocycles. The van der Waals surface area contributed by atoms with E-state index >= 15 is 4.39 Å². The van der Waals surface area contributed by atoms with Gasteiger partial charge in [0.1, 0.15) is 5.75 Å².